The number of nitrogen functional groups attached to an aromatic ring is 1. The zero-order valence-electron chi connectivity index (χ0n) is 7.91. The number of anilines is 1. The third kappa shape index (κ3) is 2.52. The molecular formula is C8H7N3O3S2. The molecule has 84 valence electrons. The van der Waals surface area contributed by atoms with Crippen molar-refractivity contribution in [1.29, 1.82) is 0 Å². The van der Waals surface area contributed by atoms with Gasteiger partial charge in [0.05, 0.1) is 11.3 Å². The molecule has 2 rings (SSSR count). The fourth-order valence-corrected chi connectivity index (χ4v) is 2.51. The zero-order chi connectivity index (χ0) is 11.5. The van der Waals surface area contributed by atoms with Crippen molar-refractivity contribution in [3.05, 3.63) is 23.7 Å². The molecular weight excluding hydrogens is 250 g/mol. The number of hydrogen-bond acceptors (Lipinski definition) is 7. The highest BCUT2D eigenvalue weighted by atomic mass is 32.2. The molecule has 0 aliphatic rings. The maximum Gasteiger partial charge on any atom is 0.338 e. The lowest BCUT2D eigenvalue weighted by molar-refractivity contribution is 0.0696. The predicted octanol–water partition coefficient (Wildman–Crippen LogP) is 1.70. The quantitative estimate of drug-likeness (QED) is 0.803. The molecule has 0 amide bonds. The highest BCUT2D eigenvalue weighted by Gasteiger charge is 2.09. The summed E-state index contributed by atoms with van der Waals surface area (Å²) in [6.07, 6.45) is 1.21. The Morgan fingerprint density at radius 1 is 1.62 bits per heavy atom. The zero-order valence-corrected chi connectivity index (χ0v) is 9.55. The van der Waals surface area contributed by atoms with Gasteiger partial charge in [0.2, 0.25) is 5.13 Å². The summed E-state index contributed by atoms with van der Waals surface area (Å²) < 4.78 is 5.81. The van der Waals surface area contributed by atoms with Gasteiger partial charge in [0.25, 0.3) is 0 Å². The number of nitrogens with zero attached hydrogens (tertiary/aromatic N) is 2. The Bertz CT molecular complexity index is 508. The lowest BCUT2D eigenvalue weighted by Gasteiger charge is -1.91. The van der Waals surface area contributed by atoms with Crippen LogP contribution in [0, 0.1) is 0 Å². The van der Waals surface area contributed by atoms with Gasteiger partial charge in [-0.3, -0.25) is 0 Å². The minimum Gasteiger partial charge on any atom is -0.478 e. The topological polar surface area (TPSA) is 102 Å². The molecule has 0 unspecified atom stereocenters. The summed E-state index contributed by atoms with van der Waals surface area (Å²) in [6, 6.07) is 1.49. The lowest BCUT2D eigenvalue weighted by Crippen LogP contribution is -1.91. The maximum atomic E-state index is 10.6. The van der Waals surface area contributed by atoms with Crippen LogP contribution in [0.25, 0.3) is 0 Å². The second-order valence-electron chi connectivity index (χ2n) is 2.80. The van der Waals surface area contributed by atoms with Gasteiger partial charge in [-0.2, -0.15) is 0 Å². The van der Waals surface area contributed by atoms with Crippen molar-refractivity contribution in [1.82, 2.24) is 10.2 Å². The molecule has 0 atom stereocenters. The van der Waals surface area contributed by atoms with Crippen LogP contribution in [-0.2, 0) is 5.75 Å². The van der Waals surface area contributed by atoms with Crippen LogP contribution in [0.5, 0.6) is 0 Å². The van der Waals surface area contributed by atoms with E-state index in [1.165, 1.54) is 35.4 Å². The van der Waals surface area contributed by atoms with E-state index in [0.717, 1.165) is 4.34 Å². The van der Waals surface area contributed by atoms with E-state index in [9.17, 15) is 4.79 Å². The van der Waals surface area contributed by atoms with Crippen LogP contribution in [0.15, 0.2) is 21.1 Å². The van der Waals surface area contributed by atoms with Crippen LogP contribution in [0.2, 0.25) is 0 Å². The number of rotatable bonds is 4. The molecule has 8 heteroatoms. The fraction of sp³-hybridized carbons (Fsp3) is 0.125. The first-order chi connectivity index (χ1) is 7.65. The van der Waals surface area contributed by atoms with Gasteiger partial charge in [0.15, 0.2) is 4.34 Å². The second kappa shape index (κ2) is 4.54. The summed E-state index contributed by atoms with van der Waals surface area (Å²) in [5, 5.41) is 16.6. The smallest absolute Gasteiger partial charge is 0.338 e. The second-order valence-corrected chi connectivity index (χ2v) is 5.03. The summed E-state index contributed by atoms with van der Waals surface area (Å²) in [4.78, 5) is 10.6. The van der Waals surface area contributed by atoms with Crippen molar-refractivity contribution in [2.75, 3.05) is 5.73 Å². The normalized spacial score (nSPS) is 10.5. The molecule has 6 nitrogen and oxygen atoms in total. The van der Waals surface area contributed by atoms with Gasteiger partial charge in [-0.25, -0.2) is 4.79 Å². The summed E-state index contributed by atoms with van der Waals surface area (Å²) in [5.41, 5.74) is 5.57. The van der Waals surface area contributed by atoms with Crippen LogP contribution in [0.4, 0.5) is 5.13 Å². The van der Waals surface area contributed by atoms with Crippen molar-refractivity contribution in [3.8, 4) is 0 Å². The number of carboxylic acids is 1. The number of furan rings is 1. The molecule has 0 aliphatic carbocycles. The predicted molar refractivity (Wildman–Crippen MR) is 59.5 cm³/mol. The highest BCUT2D eigenvalue weighted by Crippen LogP contribution is 2.27. The van der Waals surface area contributed by atoms with E-state index in [4.69, 9.17) is 15.3 Å². The van der Waals surface area contributed by atoms with Gasteiger partial charge in [-0.15, -0.1) is 10.2 Å². The first kappa shape index (κ1) is 11.0. The molecule has 2 heterocycles. The van der Waals surface area contributed by atoms with E-state index in [2.05, 4.69) is 10.2 Å². The van der Waals surface area contributed by atoms with E-state index in [1.807, 2.05) is 0 Å². The van der Waals surface area contributed by atoms with Crippen LogP contribution in [-0.4, -0.2) is 21.3 Å². The number of thioether (sulfide) groups is 1. The number of carbonyl (C=O) groups is 1. The maximum absolute atomic E-state index is 10.6. The number of aromatic nitrogens is 2. The number of carboxylic acid groups (broad SMARTS) is 1. The van der Waals surface area contributed by atoms with Crippen LogP contribution in [0.1, 0.15) is 16.1 Å². The molecule has 0 aromatic carbocycles. The van der Waals surface area contributed by atoms with E-state index in [0.29, 0.717) is 16.6 Å². The molecule has 0 saturated carbocycles. The average Bonchev–Trinajstić information content (AvgIpc) is 2.83. The summed E-state index contributed by atoms with van der Waals surface area (Å²) in [6.45, 7) is 0. The van der Waals surface area contributed by atoms with Gasteiger partial charge in [-0.1, -0.05) is 23.1 Å². The molecule has 0 radical (unpaired) electrons. The molecule has 0 spiro atoms. The molecule has 0 aliphatic heterocycles. The minimum atomic E-state index is -1.000. The van der Waals surface area contributed by atoms with E-state index in [-0.39, 0.29) is 5.56 Å². The molecule has 0 bridgehead atoms. The monoisotopic (exact) mass is 257 g/mol. The lowest BCUT2D eigenvalue weighted by atomic mass is 10.3. The Balaban J connectivity index is 1.97. The standard InChI is InChI=1S/C8H7N3O3S2/c9-7-10-11-8(16-7)15-3-5-1-4(2-14-5)6(12)13/h1-2H,3H2,(H2,9,10)(H,12,13). The van der Waals surface area contributed by atoms with Crippen molar-refractivity contribution in [2.45, 2.75) is 10.1 Å². The Morgan fingerprint density at radius 3 is 3.00 bits per heavy atom. The number of nitrogens with two attached hydrogens (primary N) is 1. The van der Waals surface area contributed by atoms with Gasteiger partial charge in [-0.05, 0) is 6.07 Å². The van der Waals surface area contributed by atoms with Crippen molar-refractivity contribution < 1.29 is 14.3 Å². The van der Waals surface area contributed by atoms with Gasteiger partial charge in [0, 0.05) is 0 Å². The minimum absolute atomic E-state index is 0.146. The van der Waals surface area contributed by atoms with E-state index >= 15 is 0 Å². The van der Waals surface area contributed by atoms with Crippen molar-refractivity contribution in [2.24, 2.45) is 0 Å². The van der Waals surface area contributed by atoms with Gasteiger partial charge in [0.1, 0.15) is 12.0 Å². The molecule has 3 N–H and O–H groups in total. The molecule has 0 saturated heterocycles. The molecule has 16 heavy (non-hydrogen) atoms. The van der Waals surface area contributed by atoms with Crippen molar-refractivity contribution in [3.63, 3.8) is 0 Å². The fourth-order valence-electron chi connectivity index (χ4n) is 0.980. The van der Waals surface area contributed by atoms with Gasteiger partial charge >= 0.3 is 5.97 Å². The highest BCUT2D eigenvalue weighted by molar-refractivity contribution is 8.00. The Kier molecular flexibility index (Phi) is 3.11. The average molecular weight is 257 g/mol. The van der Waals surface area contributed by atoms with E-state index < -0.39 is 5.97 Å². The third-order valence-electron chi connectivity index (χ3n) is 1.66. The SMILES string of the molecule is Nc1nnc(SCc2cc(C(=O)O)co2)s1. The van der Waals surface area contributed by atoms with Gasteiger partial charge < -0.3 is 15.3 Å². The third-order valence-corrected chi connectivity index (χ3v) is 3.57. The largest absolute Gasteiger partial charge is 0.478 e. The Morgan fingerprint density at radius 2 is 2.44 bits per heavy atom. The summed E-state index contributed by atoms with van der Waals surface area (Å²) >= 11 is 2.68. The van der Waals surface area contributed by atoms with E-state index in [1.54, 1.807) is 0 Å². The van der Waals surface area contributed by atoms with Crippen molar-refractivity contribution >= 4 is 34.2 Å². The Hall–Kier alpha value is -1.54. The first-order valence-electron chi connectivity index (χ1n) is 4.17. The molecule has 2 aromatic rings. The van der Waals surface area contributed by atoms with Crippen LogP contribution >= 0.6 is 23.1 Å². The molecule has 0 fully saturated rings. The van der Waals surface area contributed by atoms with Crippen LogP contribution in [0.3, 0.4) is 0 Å². The number of hydrogen-bond donors (Lipinski definition) is 2. The molecule has 2 aromatic heterocycles. The summed E-state index contributed by atoms with van der Waals surface area (Å²) in [5.74, 6) is 0.0818. The summed E-state index contributed by atoms with van der Waals surface area (Å²) in [7, 11) is 0. The Labute approximate surface area is 98.5 Å². The number of aromatic carboxylic acids is 1. The first-order valence-corrected chi connectivity index (χ1v) is 5.98. The van der Waals surface area contributed by atoms with Crippen LogP contribution < -0.4 is 5.73 Å².